The van der Waals surface area contributed by atoms with Gasteiger partial charge in [0.1, 0.15) is 0 Å². The second-order valence-corrected chi connectivity index (χ2v) is 16.1. The molecule has 5 heterocycles. The summed E-state index contributed by atoms with van der Waals surface area (Å²) in [6.45, 7) is 0. The van der Waals surface area contributed by atoms with Crippen molar-refractivity contribution in [3.8, 4) is 15.4 Å². The lowest BCUT2D eigenvalue weighted by Gasteiger charge is -2.44. The summed E-state index contributed by atoms with van der Waals surface area (Å²) < 4.78 is 5.09. The minimum absolute atomic E-state index is 0.425. The Morgan fingerprint density at radius 3 is 1.96 bits per heavy atom. The van der Waals surface area contributed by atoms with E-state index in [1.807, 2.05) is 34.0 Å². The first-order valence-electron chi connectivity index (χ1n) is 16.9. The normalized spacial score (nSPS) is 14.1. The van der Waals surface area contributed by atoms with Gasteiger partial charge in [0.2, 0.25) is 0 Å². The molecule has 2 nitrogen and oxygen atoms in total. The number of hydrogen-bond donors (Lipinski definition) is 0. The van der Waals surface area contributed by atoms with E-state index in [2.05, 4.69) is 166 Å². The summed E-state index contributed by atoms with van der Waals surface area (Å²) >= 11 is 5.66. The summed E-state index contributed by atoms with van der Waals surface area (Å²) in [5.41, 5.74) is 12.4. The molecule has 12 rings (SSSR count). The third kappa shape index (κ3) is 3.28. The van der Waals surface area contributed by atoms with Crippen molar-refractivity contribution in [1.29, 1.82) is 0 Å². The molecular weight excluding hydrogens is 665 g/mol. The highest BCUT2D eigenvalue weighted by Gasteiger charge is 2.53. The molecule has 1 aliphatic carbocycles. The molecule has 0 saturated heterocycles. The minimum atomic E-state index is -0.425. The monoisotopic (exact) mass is 690 g/mol. The van der Waals surface area contributed by atoms with Crippen LogP contribution >= 0.6 is 34.0 Å². The molecule has 2 aliphatic rings. The lowest BCUT2D eigenvalue weighted by atomic mass is 9.65. The van der Waals surface area contributed by atoms with Crippen molar-refractivity contribution in [3.63, 3.8) is 0 Å². The lowest BCUT2D eigenvalue weighted by Crippen LogP contribution is -2.35. The molecule has 50 heavy (non-hydrogen) atoms. The predicted octanol–water partition coefficient (Wildman–Crippen LogP) is 13.4. The van der Waals surface area contributed by atoms with Gasteiger partial charge in [0.05, 0.1) is 38.2 Å². The molecule has 0 atom stereocenters. The van der Waals surface area contributed by atoms with Crippen LogP contribution in [0.15, 0.2) is 156 Å². The van der Waals surface area contributed by atoms with Gasteiger partial charge in [-0.05, 0) is 93.7 Å². The topological polar surface area (TPSA) is 8.17 Å². The van der Waals surface area contributed by atoms with Crippen molar-refractivity contribution in [2.24, 2.45) is 0 Å². The average Bonchev–Trinajstić information content (AvgIpc) is 3.99. The molecule has 0 unspecified atom stereocenters. The third-order valence-corrected chi connectivity index (χ3v) is 14.2. The number of fused-ring (bicyclic) bond motifs is 15. The van der Waals surface area contributed by atoms with Crippen LogP contribution in [0, 0.1) is 0 Å². The van der Waals surface area contributed by atoms with Crippen molar-refractivity contribution in [1.82, 2.24) is 4.57 Å². The molecular formula is C45H26N2S3. The average molecular weight is 691 g/mol. The molecule has 0 amide bonds. The number of para-hydroxylation sites is 3. The van der Waals surface area contributed by atoms with Crippen LogP contribution in [0.1, 0.15) is 22.3 Å². The van der Waals surface area contributed by atoms with Crippen LogP contribution in [0.2, 0.25) is 0 Å². The quantitative estimate of drug-likeness (QED) is 0.175. The van der Waals surface area contributed by atoms with Crippen molar-refractivity contribution in [3.05, 3.63) is 179 Å². The van der Waals surface area contributed by atoms with Gasteiger partial charge in [0.25, 0.3) is 0 Å². The summed E-state index contributed by atoms with van der Waals surface area (Å²) in [6.07, 6.45) is 0. The van der Waals surface area contributed by atoms with Crippen LogP contribution in [-0.2, 0) is 5.41 Å². The fourth-order valence-corrected chi connectivity index (χ4v) is 12.4. The van der Waals surface area contributed by atoms with Crippen molar-refractivity contribution in [2.45, 2.75) is 5.41 Å². The fraction of sp³-hybridized carbons (Fsp3) is 0.0222. The summed E-state index contributed by atoms with van der Waals surface area (Å²) in [4.78, 5) is 5.39. The van der Waals surface area contributed by atoms with Gasteiger partial charge in [-0.15, -0.1) is 34.0 Å². The number of thiophene rings is 3. The van der Waals surface area contributed by atoms with Crippen LogP contribution in [-0.4, -0.2) is 4.57 Å². The van der Waals surface area contributed by atoms with E-state index in [-0.39, 0.29) is 0 Å². The fourth-order valence-electron chi connectivity index (χ4n) is 9.06. The van der Waals surface area contributed by atoms with Crippen LogP contribution in [0.25, 0.3) is 57.4 Å². The third-order valence-electron chi connectivity index (χ3n) is 11.0. The molecule has 5 heteroatoms. The highest BCUT2D eigenvalue weighted by Crippen LogP contribution is 2.66. The molecule has 0 bridgehead atoms. The summed E-state index contributed by atoms with van der Waals surface area (Å²) in [5.74, 6) is 0. The van der Waals surface area contributed by atoms with E-state index >= 15 is 0 Å². The van der Waals surface area contributed by atoms with Gasteiger partial charge >= 0.3 is 0 Å². The van der Waals surface area contributed by atoms with Crippen molar-refractivity contribution in [2.75, 3.05) is 4.90 Å². The Hall–Kier alpha value is -5.46. The van der Waals surface area contributed by atoms with Crippen LogP contribution < -0.4 is 4.90 Å². The zero-order valence-corrected chi connectivity index (χ0v) is 29.1. The Balaban J connectivity index is 1.29. The van der Waals surface area contributed by atoms with E-state index in [0.29, 0.717) is 0 Å². The first-order chi connectivity index (χ1) is 24.8. The van der Waals surface area contributed by atoms with Gasteiger partial charge in [0.15, 0.2) is 0 Å². The largest absolute Gasteiger partial charge is 0.309 e. The number of hydrogen-bond acceptors (Lipinski definition) is 4. The maximum Gasteiger partial charge on any atom is 0.0771 e. The first kappa shape index (κ1) is 27.4. The Kier molecular flexibility index (Phi) is 5.38. The van der Waals surface area contributed by atoms with E-state index in [1.54, 1.807) is 0 Å². The Labute approximate surface area is 300 Å². The van der Waals surface area contributed by atoms with E-state index in [4.69, 9.17) is 0 Å². The van der Waals surface area contributed by atoms with Crippen LogP contribution in [0.3, 0.4) is 0 Å². The number of anilines is 3. The van der Waals surface area contributed by atoms with Gasteiger partial charge < -0.3 is 9.47 Å². The van der Waals surface area contributed by atoms with E-state index in [0.717, 1.165) is 0 Å². The highest BCUT2D eigenvalue weighted by atomic mass is 32.1. The number of nitrogens with zero attached hydrogens (tertiary/aromatic N) is 2. The molecule has 234 valence electrons. The summed E-state index contributed by atoms with van der Waals surface area (Å²) in [7, 11) is 0. The molecule has 0 N–H and O–H groups in total. The molecule has 0 saturated carbocycles. The SMILES string of the molecule is c1ccc(-n2c3ccccc3c3cc4c(cc32)N(c2cccc3c2sc2ccccc23)c2ccccc2C42c3ccsc3-c3sccc32)cc1. The standard InChI is InChI=1S/C45H26N2S3/c1-2-11-27(12-3-1)46-36-17-7-4-13-28(36)31-25-35-40(26-39(31)46)47(38-19-10-15-30-29-14-5-9-20-41(29)50-42(30)38)37-18-8-6-16-32(37)45(35)33-21-23-48-43(33)44-34(45)22-24-49-44/h1-26H. The molecule has 6 aromatic carbocycles. The number of rotatable bonds is 2. The van der Waals surface area contributed by atoms with Gasteiger partial charge in [-0.2, -0.15) is 0 Å². The van der Waals surface area contributed by atoms with Gasteiger partial charge in [-0.25, -0.2) is 0 Å². The van der Waals surface area contributed by atoms with Crippen molar-refractivity contribution >= 4 is 93.1 Å². The maximum atomic E-state index is 2.58. The second kappa shape index (κ2) is 9.83. The van der Waals surface area contributed by atoms with Gasteiger partial charge in [-0.3, -0.25) is 0 Å². The maximum absolute atomic E-state index is 2.58. The summed E-state index contributed by atoms with van der Waals surface area (Å²) in [5, 5.41) is 9.77. The molecule has 0 radical (unpaired) electrons. The lowest BCUT2D eigenvalue weighted by molar-refractivity contribution is 0.758. The molecule has 10 aromatic rings. The molecule has 1 aliphatic heterocycles. The number of benzene rings is 6. The van der Waals surface area contributed by atoms with Gasteiger partial charge in [-0.1, -0.05) is 84.9 Å². The summed E-state index contributed by atoms with van der Waals surface area (Å²) in [6, 6.07) is 54.5. The van der Waals surface area contributed by atoms with Gasteiger partial charge in [0, 0.05) is 41.7 Å². The molecule has 4 aromatic heterocycles. The van der Waals surface area contributed by atoms with Crippen LogP contribution in [0.5, 0.6) is 0 Å². The molecule has 1 spiro atoms. The smallest absolute Gasteiger partial charge is 0.0771 e. The van der Waals surface area contributed by atoms with E-state index in [9.17, 15) is 0 Å². The number of aromatic nitrogens is 1. The Morgan fingerprint density at radius 2 is 1.12 bits per heavy atom. The highest BCUT2D eigenvalue weighted by molar-refractivity contribution is 7.26. The second-order valence-electron chi connectivity index (χ2n) is 13.3. The minimum Gasteiger partial charge on any atom is -0.309 e. The van der Waals surface area contributed by atoms with E-state index in [1.165, 1.54) is 96.7 Å². The Morgan fingerprint density at radius 1 is 0.440 bits per heavy atom. The molecule has 0 fully saturated rings. The van der Waals surface area contributed by atoms with E-state index < -0.39 is 5.41 Å². The first-order valence-corrected chi connectivity index (χ1v) is 19.5. The Bertz CT molecular complexity index is 2970. The zero-order chi connectivity index (χ0) is 32.6. The predicted molar refractivity (Wildman–Crippen MR) is 215 cm³/mol. The zero-order valence-electron chi connectivity index (χ0n) is 26.6. The van der Waals surface area contributed by atoms with Crippen LogP contribution in [0.4, 0.5) is 17.1 Å². The van der Waals surface area contributed by atoms with Crippen molar-refractivity contribution < 1.29 is 0 Å².